The molecule has 0 aliphatic carbocycles. The number of benzene rings is 2. The van der Waals surface area contributed by atoms with Gasteiger partial charge in [-0.3, -0.25) is 0 Å². The Balaban J connectivity index is 2.07. The smallest absolute Gasteiger partial charge is 0.123 e. The highest BCUT2D eigenvalue weighted by atomic mass is 19.1. The summed E-state index contributed by atoms with van der Waals surface area (Å²) in [6.45, 7) is 4.28. The molecule has 2 rings (SSSR count). The van der Waals surface area contributed by atoms with Crippen LogP contribution < -0.4 is 4.74 Å². The second-order valence-corrected chi connectivity index (χ2v) is 3.96. The second-order valence-electron chi connectivity index (χ2n) is 3.96. The van der Waals surface area contributed by atoms with Gasteiger partial charge in [0.25, 0.3) is 0 Å². The average molecular weight is 242 g/mol. The molecular formula is C16H15FO. The van der Waals surface area contributed by atoms with Gasteiger partial charge < -0.3 is 4.74 Å². The molecule has 0 amide bonds. The summed E-state index contributed by atoms with van der Waals surface area (Å²) in [5.74, 6) is 0.617. The van der Waals surface area contributed by atoms with E-state index in [-0.39, 0.29) is 5.82 Å². The van der Waals surface area contributed by atoms with Crippen LogP contribution in [-0.4, -0.2) is 6.61 Å². The topological polar surface area (TPSA) is 9.23 Å². The summed E-state index contributed by atoms with van der Waals surface area (Å²) in [5, 5.41) is 0. The fourth-order valence-corrected chi connectivity index (χ4v) is 1.65. The van der Waals surface area contributed by atoms with Crippen molar-refractivity contribution in [1.82, 2.24) is 0 Å². The standard InChI is InChI=1S/C16H15FO/c1-2-3-12-18-16-10-6-14(7-11-16)13-4-8-15(17)9-5-13/h2,4-11H,1,3,12H2. The van der Waals surface area contributed by atoms with E-state index in [4.69, 9.17) is 4.74 Å². The van der Waals surface area contributed by atoms with Crippen LogP contribution in [0.2, 0.25) is 0 Å². The lowest BCUT2D eigenvalue weighted by atomic mass is 10.1. The van der Waals surface area contributed by atoms with Gasteiger partial charge in [0.05, 0.1) is 6.61 Å². The molecule has 0 radical (unpaired) electrons. The Morgan fingerprint density at radius 2 is 1.50 bits per heavy atom. The Morgan fingerprint density at radius 3 is 2.06 bits per heavy atom. The molecule has 0 bridgehead atoms. The lowest BCUT2D eigenvalue weighted by Gasteiger charge is -2.06. The van der Waals surface area contributed by atoms with Gasteiger partial charge in [0.15, 0.2) is 0 Å². The molecule has 1 nitrogen and oxygen atoms in total. The quantitative estimate of drug-likeness (QED) is 0.556. The van der Waals surface area contributed by atoms with Crippen molar-refractivity contribution in [3.63, 3.8) is 0 Å². The first-order valence-corrected chi connectivity index (χ1v) is 5.89. The van der Waals surface area contributed by atoms with Gasteiger partial charge in [-0.25, -0.2) is 4.39 Å². The zero-order valence-electron chi connectivity index (χ0n) is 10.1. The molecule has 0 heterocycles. The molecule has 0 aliphatic heterocycles. The van der Waals surface area contributed by atoms with Crippen molar-refractivity contribution in [2.75, 3.05) is 6.61 Å². The maximum atomic E-state index is 12.8. The molecule has 0 saturated heterocycles. The summed E-state index contributed by atoms with van der Waals surface area (Å²) in [4.78, 5) is 0. The van der Waals surface area contributed by atoms with Gasteiger partial charge in [0.1, 0.15) is 11.6 Å². The predicted molar refractivity (Wildman–Crippen MR) is 72.1 cm³/mol. The molecule has 92 valence electrons. The third-order valence-corrected chi connectivity index (χ3v) is 2.62. The van der Waals surface area contributed by atoms with Gasteiger partial charge in [0, 0.05) is 0 Å². The lowest BCUT2D eigenvalue weighted by Crippen LogP contribution is -1.94. The van der Waals surface area contributed by atoms with Gasteiger partial charge in [-0.05, 0) is 41.8 Å². The number of halogens is 1. The van der Waals surface area contributed by atoms with E-state index in [1.807, 2.05) is 30.3 Å². The normalized spacial score (nSPS) is 10.1. The lowest BCUT2D eigenvalue weighted by molar-refractivity contribution is 0.325. The van der Waals surface area contributed by atoms with Gasteiger partial charge >= 0.3 is 0 Å². The van der Waals surface area contributed by atoms with Crippen LogP contribution in [0.3, 0.4) is 0 Å². The highest BCUT2D eigenvalue weighted by molar-refractivity contribution is 5.63. The molecular weight excluding hydrogens is 227 g/mol. The van der Waals surface area contributed by atoms with Gasteiger partial charge in [-0.1, -0.05) is 30.3 Å². The second kappa shape index (κ2) is 6.01. The molecule has 0 aliphatic rings. The molecule has 2 heteroatoms. The molecule has 0 aromatic heterocycles. The first-order chi connectivity index (χ1) is 8.79. The third-order valence-electron chi connectivity index (χ3n) is 2.62. The van der Waals surface area contributed by atoms with Gasteiger partial charge in [-0.2, -0.15) is 0 Å². The summed E-state index contributed by atoms with van der Waals surface area (Å²) < 4.78 is 18.3. The van der Waals surface area contributed by atoms with Crippen molar-refractivity contribution in [3.8, 4) is 16.9 Å². The largest absolute Gasteiger partial charge is 0.493 e. The van der Waals surface area contributed by atoms with Crippen molar-refractivity contribution in [2.24, 2.45) is 0 Å². The Bertz CT molecular complexity index is 500. The van der Waals surface area contributed by atoms with E-state index in [2.05, 4.69) is 6.58 Å². The highest BCUT2D eigenvalue weighted by Gasteiger charge is 1.99. The Morgan fingerprint density at radius 1 is 0.944 bits per heavy atom. The Kier molecular flexibility index (Phi) is 4.13. The summed E-state index contributed by atoms with van der Waals surface area (Å²) >= 11 is 0. The maximum Gasteiger partial charge on any atom is 0.123 e. The van der Waals surface area contributed by atoms with Crippen LogP contribution in [0.1, 0.15) is 6.42 Å². The molecule has 0 fully saturated rings. The molecule has 0 saturated carbocycles. The zero-order valence-corrected chi connectivity index (χ0v) is 10.1. The molecule has 0 unspecified atom stereocenters. The van der Waals surface area contributed by atoms with E-state index in [9.17, 15) is 4.39 Å². The maximum absolute atomic E-state index is 12.8. The molecule has 2 aromatic rings. The van der Waals surface area contributed by atoms with Crippen LogP contribution in [0.15, 0.2) is 61.2 Å². The molecule has 0 atom stereocenters. The number of rotatable bonds is 5. The molecule has 0 N–H and O–H groups in total. The van der Waals surface area contributed by atoms with Crippen molar-refractivity contribution >= 4 is 0 Å². The fourth-order valence-electron chi connectivity index (χ4n) is 1.65. The first-order valence-electron chi connectivity index (χ1n) is 5.89. The van der Waals surface area contributed by atoms with Crippen LogP contribution in [0.5, 0.6) is 5.75 Å². The third kappa shape index (κ3) is 3.20. The van der Waals surface area contributed by atoms with E-state index in [1.54, 1.807) is 12.1 Å². The summed E-state index contributed by atoms with van der Waals surface area (Å²) in [7, 11) is 0. The molecule has 0 spiro atoms. The van der Waals surface area contributed by atoms with E-state index < -0.39 is 0 Å². The van der Waals surface area contributed by atoms with Crippen LogP contribution >= 0.6 is 0 Å². The number of ether oxygens (including phenoxy) is 1. The van der Waals surface area contributed by atoms with Crippen LogP contribution in [0.4, 0.5) is 4.39 Å². The average Bonchev–Trinajstić information content (AvgIpc) is 2.41. The zero-order chi connectivity index (χ0) is 12.8. The van der Waals surface area contributed by atoms with Gasteiger partial charge in [0.2, 0.25) is 0 Å². The number of hydrogen-bond acceptors (Lipinski definition) is 1. The van der Waals surface area contributed by atoms with Crippen LogP contribution in [-0.2, 0) is 0 Å². The highest BCUT2D eigenvalue weighted by Crippen LogP contribution is 2.22. The van der Waals surface area contributed by atoms with Crippen LogP contribution in [0.25, 0.3) is 11.1 Å². The Labute approximate surface area is 107 Å². The molecule has 2 aromatic carbocycles. The minimum absolute atomic E-state index is 0.219. The fraction of sp³-hybridized carbons (Fsp3) is 0.125. The predicted octanol–water partition coefficient (Wildman–Crippen LogP) is 4.45. The van der Waals surface area contributed by atoms with Crippen molar-refractivity contribution in [1.29, 1.82) is 0 Å². The summed E-state index contributed by atoms with van der Waals surface area (Å²) in [6, 6.07) is 14.2. The molecule has 18 heavy (non-hydrogen) atoms. The minimum Gasteiger partial charge on any atom is -0.493 e. The van der Waals surface area contributed by atoms with E-state index in [0.29, 0.717) is 6.61 Å². The van der Waals surface area contributed by atoms with Crippen molar-refractivity contribution in [3.05, 3.63) is 67.0 Å². The Hall–Kier alpha value is -2.09. The van der Waals surface area contributed by atoms with Crippen molar-refractivity contribution < 1.29 is 9.13 Å². The first kappa shape index (κ1) is 12.4. The summed E-state index contributed by atoms with van der Waals surface area (Å²) in [6.07, 6.45) is 2.66. The summed E-state index contributed by atoms with van der Waals surface area (Å²) in [5.41, 5.74) is 2.04. The SMILES string of the molecule is C=CCCOc1ccc(-c2ccc(F)cc2)cc1. The number of hydrogen-bond donors (Lipinski definition) is 0. The minimum atomic E-state index is -0.219. The van der Waals surface area contributed by atoms with E-state index in [1.165, 1.54) is 12.1 Å². The monoisotopic (exact) mass is 242 g/mol. The van der Waals surface area contributed by atoms with Gasteiger partial charge in [-0.15, -0.1) is 6.58 Å². The van der Waals surface area contributed by atoms with Crippen LogP contribution in [0, 0.1) is 5.82 Å². The van der Waals surface area contributed by atoms with Crippen molar-refractivity contribution in [2.45, 2.75) is 6.42 Å². The van der Waals surface area contributed by atoms with E-state index in [0.717, 1.165) is 23.3 Å². The van der Waals surface area contributed by atoms with E-state index >= 15 is 0 Å².